The van der Waals surface area contributed by atoms with E-state index in [4.69, 9.17) is 25.8 Å². The molecule has 2 bridgehead atoms. The molecule has 2 N–H and O–H groups in total. The lowest BCUT2D eigenvalue weighted by Crippen LogP contribution is -2.67. The van der Waals surface area contributed by atoms with Crippen molar-refractivity contribution in [3.05, 3.63) is 82.2 Å². The second kappa shape index (κ2) is 14.0. The van der Waals surface area contributed by atoms with E-state index in [2.05, 4.69) is 32.1 Å². The number of aliphatic hydroxyl groups is 2. The summed E-state index contributed by atoms with van der Waals surface area (Å²) in [5.74, 6) is 0.354. The minimum absolute atomic E-state index is 0.0904. The zero-order chi connectivity index (χ0) is 39.0. The summed E-state index contributed by atoms with van der Waals surface area (Å²) in [6, 6.07) is 10.0. The molecule has 1 aliphatic heterocycles. The second-order valence-electron chi connectivity index (χ2n) is 17.9. The highest BCUT2D eigenvalue weighted by molar-refractivity contribution is 6.31. The molecule has 0 radical (unpaired) electrons. The molecule has 2 aromatic carbocycles. The molecule has 6 aliphatic carbocycles. The number of nitrogens with zero attached hydrogens (tertiary/aromatic N) is 1. The van der Waals surface area contributed by atoms with Crippen molar-refractivity contribution >= 4 is 23.3 Å². The Balaban J connectivity index is 1.15. The van der Waals surface area contributed by atoms with Crippen molar-refractivity contribution in [3.63, 3.8) is 0 Å². The van der Waals surface area contributed by atoms with Crippen LogP contribution in [0.15, 0.2) is 60.2 Å². The number of rotatable bonds is 11. The van der Waals surface area contributed by atoms with Crippen LogP contribution in [0.3, 0.4) is 0 Å². The standard InChI is InChI=1S/C45H55ClFNO7/c1-41-15-12-29(49)24-43(41)18-19-45(32(25-43)35(50)23-31-33(46)8-5-9-34(31)47)38(41)13-16-42(2)39(45)14-17-44(42,52)27-48(26-30-7-6-20-55-30)40(51)22-28-10-11-36(53-3)37(21-28)54-4/h5,8-11,18-19,21,25,29-30,38-39,49,52H,6-7,12-17,20,22-24,26-27H2,1-4H3. The van der Waals surface area contributed by atoms with Gasteiger partial charge >= 0.3 is 0 Å². The first-order valence-corrected chi connectivity index (χ1v) is 20.5. The Morgan fingerprint density at radius 2 is 1.71 bits per heavy atom. The van der Waals surface area contributed by atoms with Crippen LogP contribution in [0.1, 0.15) is 82.8 Å². The summed E-state index contributed by atoms with van der Waals surface area (Å²) in [4.78, 5) is 31.0. The molecule has 4 fully saturated rings. The van der Waals surface area contributed by atoms with Crippen LogP contribution in [0.25, 0.3) is 0 Å². The quantitative estimate of drug-likeness (QED) is 0.229. The van der Waals surface area contributed by atoms with Gasteiger partial charge in [-0.05, 0) is 105 Å². The summed E-state index contributed by atoms with van der Waals surface area (Å²) in [6.45, 7) is 5.71. The van der Waals surface area contributed by atoms with Crippen LogP contribution in [0.2, 0.25) is 5.02 Å². The number of methoxy groups -OCH3 is 2. The van der Waals surface area contributed by atoms with E-state index in [1.807, 2.05) is 17.0 Å². The first-order valence-electron chi connectivity index (χ1n) is 20.1. The lowest BCUT2D eigenvalue weighted by atomic mass is 9.32. The molecule has 2 spiro atoms. The molecule has 1 saturated heterocycles. The maximum Gasteiger partial charge on any atom is 0.227 e. The molecule has 9 unspecified atom stereocenters. The van der Waals surface area contributed by atoms with E-state index in [1.54, 1.807) is 32.4 Å². The van der Waals surface area contributed by atoms with Gasteiger partial charge in [0, 0.05) is 52.0 Å². The number of allylic oxidation sites excluding steroid dienone is 4. The fraction of sp³-hybridized carbons (Fsp3) is 0.600. The Morgan fingerprint density at radius 3 is 2.44 bits per heavy atom. The molecule has 296 valence electrons. The highest BCUT2D eigenvalue weighted by atomic mass is 35.5. The smallest absolute Gasteiger partial charge is 0.227 e. The zero-order valence-corrected chi connectivity index (χ0v) is 33.3. The Hall–Kier alpha value is -3.24. The van der Waals surface area contributed by atoms with Gasteiger partial charge in [0.25, 0.3) is 0 Å². The Bertz CT molecular complexity index is 1910. The summed E-state index contributed by atoms with van der Waals surface area (Å²) in [5, 5.41) is 24.4. The van der Waals surface area contributed by atoms with Crippen LogP contribution in [0.4, 0.5) is 4.39 Å². The fourth-order valence-corrected chi connectivity index (χ4v) is 12.7. The average Bonchev–Trinajstić information content (AvgIpc) is 3.77. The maximum atomic E-state index is 15.2. The molecule has 10 heteroatoms. The van der Waals surface area contributed by atoms with Crippen LogP contribution in [0, 0.1) is 39.3 Å². The van der Waals surface area contributed by atoms with Crippen LogP contribution in [0.5, 0.6) is 11.5 Å². The molecule has 9 atom stereocenters. The van der Waals surface area contributed by atoms with Gasteiger partial charge in [-0.1, -0.05) is 55.8 Å². The molecule has 1 amide bonds. The van der Waals surface area contributed by atoms with Crippen molar-refractivity contribution in [1.82, 2.24) is 4.90 Å². The number of hydrogen-bond acceptors (Lipinski definition) is 7. The number of ketones is 1. The highest BCUT2D eigenvalue weighted by Crippen LogP contribution is 2.78. The number of amides is 1. The molecule has 9 rings (SSSR count). The molecule has 2 aromatic rings. The third-order valence-electron chi connectivity index (χ3n) is 15.5. The molecule has 1 heterocycles. The number of carbonyl (C=O) groups excluding carboxylic acids is 2. The highest BCUT2D eigenvalue weighted by Gasteiger charge is 2.74. The van der Waals surface area contributed by atoms with E-state index in [-0.39, 0.29) is 65.0 Å². The fourth-order valence-electron chi connectivity index (χ4n) is 12.5. The van der Waals surface area contributed by atoms with Crippen LogP contribution in [-0.4, -0.2) is 78.5 Å². The third-order valence-corrected chi connectivity index (χ3v) is 15.8. The van der Waals surface area contributed by atoms with E-state index in [1.165, 1.54) is 6.07 Å². The number of ether oxygens (including phenoxy) is 3. The van der Waals surface area contributed by atoms with Gasteiger partial charge in [0.05, 0.1) is 45.0 Å². The van der Waals surface area contributed by atoms with E-state index in [0.717, 1.165) is 37.7 Å². The molecule has 55 heavy (non-hydrogen) atoms. The van der Waals surface area contributed by atoms with Crippen molar-refractivity contribution in [2.24, 2.45) is 33.5 Å². The molecule has 7 aliphatic rings. The number of Topliss-reactive ketones (excluding diaryl/α,β-unsaturated/α-hetero) is 1. The van der Waals surface area contributed by atoms with Gasteiger partial charge < -0.3 is 29.3 Å². The largest absolute Gasteiger partial charge is 0.493 e. The topological polar surface area (TPSA) is 106 Å². The van der Waals surface area contributed by atoms with Gasteiger partial charge in [0.2, 0.25) is 5.91 Å². The molecule has 3 saturated carbocycles. The van der Waals surface area contributed by atoms with Crippen LogP contribution >= 0.6 is 11.6 Å². The number of halogens is 2. The minimum atomic E-state index is -1.24. The first-order chi connectivity index (χ1) is 26.2. The van der Waals surface area contributed by atoms with Crippen molar-refractivity contribution < 1.29 is 38.4 Å². The Kier molecular flexibility index (Phi) is 9.83. The van der Waals surface area contributed by atoms with E-state index >= 15 is 4.39 Å². The van der Waals surface area contributed by atoms with Gasteiger partial charge in [0.1, 0.15) is 5.82 Å². The number of carbonyl (C=O) groups is 2. The molecular weight excluding hydrogens is 721 g/mol. The lowest BCUT2D eigenvalue weighted by molar-refractivity contribution is -0.181. The third kappa shape index (κ3) is 5.92. The van der Waals surface area contributed by atoms with E-state index in [9.17, 15) is 19.8 Å². The maximum absolute atomic E-state index is 15.2. The predicted octanol–water partition coefficient (Wildman–Crippen LogP) is 7.45. The van der Waals surface area contributed by atoms with Crippen molar-refractivity contribution in [2.45, 2.75) is 102 Å². The van der Waals surface area contributed by atoms with Crippen molar-refractivity contribution in [1.29, 1.82) is 0 Å². The molecule has 8 nitrogen and oxygen atoms in total. The van der Waals surface area contributed by atoms with E-state index < -0.39 is 33.8 Å². The average molecular weight is 776 g/mol. The van der Waals surface area contributed by atoms with Gasteiger partial charge in [-0.2, -0.15) is 0 Å². The number of benzene rings is 2. The summed E-state index contributed by atoms with van der Waals surface area (Å²) in [5.41, 5.74) is -1.65. The Labute approximate surface area is 329 Å². The lowest BCUT2D eigenvalue weighted by Gasteiger charge is -2.71. The summed E-state index contributed by atoms with van der Waals surface area (Å²) in [6.07, 6.45) is 12.6. The van der Waals surface area contributed by atoms with Gasteiger partial charge in [-0.25, -0.2) is 4.39 Å². The normalized spacial score (nSPS) is 37.1. The number of hydrogen-bond donors (Lipinski definition) is 2. The van der Waals surface area contributed by atoms with Crippen molar-refractivity contribution in [3.8, 4) is 11.5 Å². The monoisotopic (exact) mass is 775 g/mol. The second-order valence-corrected chi connectivity index (χ2v) is 18.3. The number of aliphatic hydroxyl groups excluding tert-OH is 1. The SMILES string of the molecule is COc1ccc(CC(=O)N(CC2CCCO2)CC2(O)CCC3C45C=CC6(C=C4C(=O)Cc4c(F)cccc4Cl)CC(O)CCC6(C)C5CCC32C)cc1OC. The van der Waals surface area contributed by atoms with E-state index in [0.29, 0.717) is 55.9 Å². The summed E-state index contributed by atoms with van der Waals surface area (Å²) in [7, 11) is 3.15. The van der Waals surface area contributed by atoms with Crippen LogP contribution < -0.4 is 9.47 Å². The molecular formula is C45H55ClFNO7. The number of fused-ring (bicyclic) bond motifs is 1. The molecule has 0 aromatic heterocycles. The minimum Gasteiger partial charge on any atom is -0.493 e. The zero-order valence-electron chi connectivity index (χ0n) is 32.5. The Morgan fingerprint density at radius 1 is 0.964 bits per heavy atom. The first kappa shape index (κ1) is 38.6. The van der Waals surface area contributed by atoms with Gasteiger partial charge in [-0.15, -0.1) is 0 Å². The van der Waals surface area contributed by atoms with Gasteiger partial charge in [0.15, 0.2) is 17.3 Å². The van der Waals surface area contributed by atoms with Gasteiger partial charge in [-0.3, -0.25) is 9.59 Å². The predicted molar refractivity (Wildman–Crippen MR) is 207 cm³/mol. The van der Waals surface area contributed by atoms with Crippen LogP contribution in [-0.2, 0) is 27.2 Å². The van der Waals surface area contributed by atoms with Crippen molar-refractivity contribution in [2.75, 3.05) is 33.9 Å². The summed E-state index contributed by atoms with van der Waals surface area (Å²) < 4.78 is 32.2. The summed E-state index contributed by atoms with van der Waals surface area (Å²) >= 11 is 6.50.